The van der Waals surface area contributed by atoms with E-state index in [2.05, 4.69) is 20.5 Å². The van der Waals surface area contributed by atoms with Crippen LogP contribution in [-0.2, 0) is 13.6 Å². The lowest BCUT2D eigenvalue weighted by Gasteiger charge is -2.14. The van der Waals surface area contributed by atoms with Gasteiger partial charge in [0.1, 0.15) is 29.5 Å². The van der Waals surface area contributed by atoms with Crippen molar-refractivity contribution in [2.45, 2.75) is 13.5 Å². The standard InChI is InChI=1S/C19H19FN6O/c1-12-21-10-16(25(12)2)13-7-8-18(26-11-23-24-19(13)26)22-9-14-15(20)5-4-6-17(14)27-3/h4-8,10-11,22H,9H2,1-3H3. The second kappa shape index (κ2) is 6.71. The Hall–Kier alpha value is -3.42. The number of rotatable bonds is 5. The van der Waals surface area contributed by atoms with Crippen LogP contribution in [0.25, 0.3) is 16.9 Å². The van der Waals surface area contributed by atoms with Crippen LogP contribution < -0.4 is 10.1 Å². The van der Waals surface area contributed by atoms with Gasteiger partial charge >= 0.3 is 0 Å². The molecular weight excluding hydrogens is 347 g/mol. The SMILES string of the molecule is COc1cccc(F)c1CNc1ccc(-c2cnc(C)n2C)c2nncn12. The quantitative estimate of drug-likeness (QED) is 0.587. The number of hydrogen-bond acceptors (Lipinski definition) is 5. The van der Waals surface area contributed by atoms with Gasteiger partial charge in [0, 0.05) is 24.7 Å². The molecule has 4 rings (SSSR count). The second-order valence-corrected chi connectivity index (χ2v) is 6.18. The highest BCUT2D eigenvalue weighted by Gasteiger charge is 2.15. The van der Waals surface area contributed by atoms with Gasteiger partial charge in [-0.05, 0) is 31.2 Å². The van der Waals surface area contributed by atoms with E-state index >= 15 is 0 Å². The van der Waals surface area contributed by atoms with E-state index in [4.69, 9.17) is 4.74 Å². The van der Waals surface area contributed by atoms with Crippen LogP contribution in [-0.4, -0.2) is 31.3 Å². The average Bonchev–Trinajstić information content (AvgIpc) is 3.28. The van der Waals surface area contributed by atoms with Crippen molar-refractivity contribution in [3.63, 3.8) is 0 Å². The molecular formula is C19H19FN6O. The van der Waals surface area contributed by atoms with Crippen molar-refractivity contribution in [3.8, 4) is 17.0 Å². The zero-order valence-electron chi connectivity index (χ0n) is 15.3. The van der Waals surface area contributed by atoms with Crippen LogP contribution in [0.2, 0.25) is 0 Å². The molecule has 3 aromatic heterocycles. The van der Waals surface area contributed by atoms with Crippen molar-refractivity contribution in [1.29, 1.82) is 0 Å². The summed E-state index contributed by atoms with van der Waals surface area (Å²) in [5.74, 6) is 1.85. The molecule has 0 fully saturated rings. The highest BCUT2D eigenvalue weighted by atomic mass is 19.1. The van der Waals surface area contributed by atoms with Gasteiger partial charge in [-0.25, -0.2) is 9.37 Å². The highest BCUT2D eigenvalue weighted by Crippen LogP contribution is 2.27. The molecule has 1 aromatic carbocycles. The number of halogens is 1. The fraction of sp³-hybridized carbons (Fsp3) is 0.211. The number of anilines is 1. The number of pyridine rings is 1. The van der Waals surface area contributed by atoms with Crippen LogP contribution in [0, 0.1) is 12.7 Å². The van der Waals surface area contributed by atoms with E-state index in [0.29, 0.717) is 17.0 Å². The van der Waals surface area contributed by atoms with Crippen molar-refractivity contribution in [2.75, 3.05) is 12.4 Å². The molecule has 0 saturated carbocycles. The number of imidazole rings is 1. The summed E-state index contributed by atoms with van der Waals surface area (Å²) in [5.41, 5.74) is 3.04. The number of nitrogens with zero attached hydrogens (tertiary/aromatic N) is 5. The van der Waals surface area contributed by atoms with Crippen molar-refractivity contribution in [2.24, 2.45) is 7.05 Å². The van der Waals surface area contributed by atoms with E-state index in [0.717, 1.165) is 22.9 Å². The first-order chi connectivity index (χ1) is 13.1. The lowest BCUT2D eigenvalue weighted by atomic mass is 10.1. The molecule has 0 radical (unpaired) electrons. The van der Waals surface area contributed by atoms with Gasteiger partial charge in [0.25, 0.3) is 0 Å². The fourth-order valence-electron chi connectivity index (χ4n) is 3.09. The summed E-state index contributed by atoms with van der Waals surface area (Å²) in [6.45, 7) is 2.22. The smallest absolute Gasteiger partial charge is 0.171 e. The first-order valence-corrected chi connectivity index (χ1v) is 8.47. The summed E-state index contributed by atoms with van der Waals surface area (Å²) in [6.07, 6.45) is 3.44. The number of hydrogen-bond donors (Lipinski definition) is 1. The number of ether oxygens (including phenoxy) is 1. The lowest BCUT2D eigenvalue weighted by molar-refractivity contribution is 0.405. The molecule has 0 aliphatic rings. The molecule has 0 aliphatic heterocycles. The van der Waals surface area contributed by atoms with Crippen LogP contribution >= 0.6 is 0 Å². The number of benzene rings is 1. The Balaban J connectivity index is 1.70. The summed E-state index contributed by atoms with van der Waals surface area (Å²) in [6, 6.07) is 8.66. The molecule has 0 aliphatic carbocycles. The van der Waals surface area contributed by atoms with Gasteiger partial charge in [0.05, 0.1) is 19.0 Å². The van der Waals surface area contributed by atoms with Gasteiger partial charge in [0.15, 0.2) is 5.65 Å². The summed E-state index contributed by atoms with van der Waals surface area (Å²) >= 11 is 0. The molecule has 0 atom stereocenters. The Labute approximate surface area is 155 Å². The van der Waals surface area contributed by atoms with E-state index in [1.54, 1.807) is 18.5 Å². The molecule has 0 bridgehead atoms. The summed E-state index contributed by atoms with van der Waals surface area (Å²) < 4.78 is 23.3. The minimum atomic E-state index is -0.316. The van der Waals surface area contributed by atoms with Gasteiger partial charge in [0.2, 0.25) is 0 Å². The molecule has 0 saturated heterocycles. The lowest BCUT2D eigenvalue weighted by Crippen LogP contribution is -2.07. The second-order valence-electron chi connectivity index (χ2n) is 6.18. The molecule has 3 heterocycles. The first-order valence-electron chi connectivity index (χ1n) is 8.47. The maximum atomic E-state index is 14.2. The van der Waals surface area contributed by atoms with Gasteiger partial charge < -0.3 is 14.6 Å². The number of methoxy groups -OCH3 is 1. The number of aryl methyl sites for hydroxylation is 1. The fourth-order valence-corrected chi connectivity index (χ4v) is 3.09. The number of nitrogens with one attached hydrogen (secondary N) is 1. The Morgan fingerprint density at radius 2 is 2.07 bits per heavy atom. The van der Waals surface area contributed by atoms with Crippen molar-refractivity contribution < 1.29 is 9.13 Å². The summed E-state index contributed by atoms with van der Waals surface area (Å²) in [7, 11) is 3.49. The van der Waals surface area contributed by atoms with E-state index in [-0.39, 0.29) is 12.4 Å². The maximum Gasteiger partial charge on any atom is 0.171 e. The third kappa shape index (κ3) is 2.88. The zero-order valence-corrected chi connectivity index (χ0v) is 15.3. The van der Waals surface area contributed by atoms with Gasteiger partial charge in [-0.15, -0.1) is 10.2 Å². The Morgan fingerprint density at radius 3 is 2.81 bits per heavy atom. The first kappa shape index (κ1) is 17.0. The van der Waals surface area contributed by atoms with Crippen molar-refractivity contribution in [1.82, 2.24) is 24.1 Å². The van der Waals surface area contributed by atoms with Gasteiger partial charge in [-0.2, -0.15) is 0 Å². The van der Waals surface area contributed by atoms with Crippen molar-refractivity contribution in [3.05, 3.63) is 60.1 Å². The van der Waals surface area contributed by atoms with Crippen LogP contribution in [0.4, 0.5) is 10.2 Å². The summed E-state index contributed by atoms with van der Waals surface area (Å²) in [4.78, 5) is 4.35. The minimum Gasteiger partial charge on any atom is -0.496 e. The Kier molecular flexibility index (Phi) is 4.23. The van der Waals surface area contributed by atoms with Crippen LogP contribution in [0.15, 0.2) is 42.9 Å². The van der Waals surface area contributed by atoms with E-state index in [1.807, 2.05) is 41.3 Å². The molecule has 8 heteroatoms. The largest absolute Gasteiger partial charge is 0.496 e. The Bertz CT molecular complexity index is 1120. The topological polar surface area (TPSA) is 69.3 Å². The minimum absolute atomic E-state index is 0.271. The molecule has 138 valence electrons. The Morgan fingerprint density at radius 1 is 1.22 bits per heavy atom. The number of fused-ring (bicyclic) bond motifs is 1. The highest BCUT2D eigenvalue weighted by molar-refractivity contribution is 5.77. The predicted molar refractivity (Wildman–Crippen MR) is 100 cm³/mol. The monoisotopic (exact) mass is 366 g/mol. The summed E-state index contributed by atoms with van der Waals surface area (Å²) in [5, 5.41) is 11.5. The molecule has 4 aromatic rings. The van der Waals surface area contributed by atoms with E-state index in [9.17, 15) is 4.39 Å². The molecule has 0 spiro atoms. The normalized spacial score (nSPS) is 11.1. The van der Waals surface area contributed by atoms with Crippen LogP contribution in [0.1, 0.15) is 11.4 Å². The van der Waals surface area contributed by atoms with E-state index in [1.165, 1.54) is 13.2 Å². The van der Waals surface area contributed by atoms with Crippen LogP contribution in [0.3, 0.4) is 0 Å². The molecule has 1 N–H and O–H groups in total. The predicted octanol–water partition coefficient (Wildman–Crippen LogP) is 3.20. The molecule has 0 unspecified atom stereocenters. The average molecular weight is 366 g/mol. The van der Waals surface area contributed by atoms with Crippen molar-refractivity contribution >= 4 is 11.5 Å². The van der Waals surface area contributed by atoms with Gasteiger partial charge in [-0.3, -0.25) is 4.40 Å². The molecule has 27 heavy (non-hydrogen) atoms. The molecule has 0 amide bonds. The number of aromatic nitrogens is 5. The maximum absolute atomic E-state index is 14.2. The zero-order chi connectivity index (χ0) is 19.0. The third-order valence-corrected chi connectivity index (χ3v) is 4.69. The van der Waals surface area contributed by atoms with E-state index < -0.39 is 0 Å². The molecule has 7 nitrogen and oxygen atoms in total. The van der Waals surface area contributed by atoms with Gasteiger partial charge in [-0.1, -0.05) is 6.07 Å². The third-order valence-electron chi connectivity index (χ3n) is 4.69. The van der Waals surface area contributed by atoms with Crippen LogP contribution in [0.5, 0.6) is 5.75 Å².